The van der Waals surface area contributed by atoms with Crippen LogP contribution in [-0.2, 0) is 31.6 Å². The van der Waals surface area contributed by atoms with Crippen molar-refractivity contribution < 1.29 is 23.1 Å². The van der Waals surface area contributed by atoms with E-state index in [0.717, 1.165) is 11.1 Å². The summed E-state index contributed by atoms with van der Waals surface area (Å²) in [6.07, 6.45) is 1.50. The van der Waals surface area contributed by atoms with Crippen molar-refractivity contribution in [3.63, 3.8) is 0 Å². The number of carbonyl (C=O) groups is 1. The number of carbonyl (C=O) groups excluding carboxylic acids is 1. The second-order valence-corrected chi connectivity index (χ2v) is 9.65. The molecule has 0 bridgehead atoms. The Morgan fingerprint density at radius 2 is 1.06 bits per heavy atom. The topological polar surface area (TPSA) is 61.8 Å². The molecule has 0 unspecified atom stereocenters. The highest BCUT2D eigenvalue weighted by Gasteiger charge is 2.37. The Bertz CT molecular complexity index is 1240. The van der Waals surface area contributed by atoms with Gasteiger partial charge in [-0.15, -0.1) is 0 Å². The number of ether oxygens (including phenoxy) is 1. The van der Waals surface area contributed by atoms with E-state index in [1.54, 1.807) is 36.4 Å². The van der Waals surface area contributed by atoms with Gasteiger partial charge in [0.15, 0.2) is 0 Å². The van der Waals surface area contributed by atoms with Crippen LogP contribution in [0.2, 0.25) is 0 Å². The van der Waals surface area contributed by atoms with Gasteiger partial charge in [0.25, 0.3) is 0 Å². The molecule has 4 aromatic rings. The van der Waals surface area contributed by atoms with Crippen LogP contribution in [0.3, 0.4) is 0 Å². The highest BCUT2D eigenvalue weighted by Crippen LogP contribution is 2.58. The molecule has 0 aliphatic heterocycles. The van der Waals surface area contributed by atoms with Gasteiger partial charge in [-0.05, 0) is 34.9 Å². The first-order chi connectivity index (χ1) is 17.1. The summed E-state index contributed by atoms with van der Waals surface area (Å²) in [6.45, 7) is -0.00465. The summed E-state index contributed by atoms with van der Waals surface area (Å²) in [4.78, 5) is 13.4. The Balaban J connectivity index is 1.70. The van der Waals surface area contributed by atoms with Crippen LogP contribution in [0.15, 0.2) is 127 Å². The van der Waals surface area contributed by atoms with Crippen LogP contribution in [0, 0.1) is 0 Å². The van der Waals surface area contributed by atoms with Gasteiger partial charge in [-0.1, -0.05) is 109 Å². The minimum atomic E-state index is -4.13. The van der Waals surface area contributed by atoms with E-state index in [0.29, 0.717) is 11.3 Å². The number of para-hydroxylation sites is 1. The van der Waals surface area contributed by atoms with Gasteiger partial charge in [0.2, 0.25) is 0 Å². The molecule has 0 saturated heterocycles. The molecule has 0 saturated carbocycles. The summed E-state index contributed by atoms with van der Waals surface area (Å²) in [5.74, 6) is -0.473. The Hall–Kier alpha value is -3.76. The number of esters is 1. The van der Waals surface area contributed by atoms with E-state index in [9.17, 15) is 9.36 Å². The van der Waals surface area contributed by atoms with Gasteiger partial charge < -0.3 is 13.8 Å². The number of hydrogen-bond donors (Lipinski definition) is 0. The van der Waals surface area contributed by atoms with E-state index in [1.807, 2.05) is 84.9 Å². The lowest BCUT2D eigenvalue weighted by molar-refractivity contribution is -0.129. The van der Waals surface area contributed by atoms with Crippen LogP contribution < -0.4 is 4.74 Å². The largest absolute Gasteiger partial charge is 0.423 e. The van der Waals surface area contributed by atoms with Crippen LogP contribution >= 0.6 is 7.60 Å². The first kappa shape index (κ1) is 24.4. The molecule has 0 aliphatic carbocycles. The lowest BCUT2D eigenvalue weighted by atomic mass is 10.2. The van der Waals surface area contributed by atoms with Crippen LogP contribution in [0.4, 0.5) is 0 Å². The second kappa shape index (κ2) is 12.1. The third-order valence-corrected chi connectivity index (χ3v) is 6.89. The molecule has 35 heavy (non-hydrogen) atoms. The van der Waals surface area contributed by atoms with Crippen molar-refractivity contribution in [3.05, 3.63) is 143 Å². The Morgan fingerprint density at radius 1 is 0.629 bits per heavy atom. The summed E-state index contributed by atoms with van der Waals surface area (Å²) in [6, 6.07) is 36.3. The zero-order valence-electron chi connectivity index (χ0n) is 19.0. The van der Waals surface area contributed by atoms with E-state index < -0.39 is 13.6 Å². The number of rotatable bonds is 10. The maximum absolute atomic E-state index is 14.3. The molecular weight excluding hydrogens is 459 g/mol. The fraction of sp³-hybridized carbons (Fsp3) is 0.0690. The average Bonchev–Trinajstić information content (AvgIpc) is 2.92. The van der Waals surface area contributed by atoms with Gasteiger partial charge in [0, 0.05) is 0 Å². The van der Waals surface area contributed by atoms with Gasteiger partial charge in [0.05, 0.1) is 13.2 Å². The number of benzene rings is 4. The van der Waals surface area contributed by atoms with Gasteiger partial charge in [0.1, 0.15) is 11.1 Å². The predicted molar refractivity (Wildman–Crippen MR) is 137 cm³/mol. The molecule has 6 heteroatoms. The highest BCUT2D eigenvalue weighted by molar-refractivity contribution is 7.60. The van der Waals surface area contributed by atoms with Crippen molar-refractivity contribution in [2.45, 2.75) is 13.2 Å². The van der Waals surface area contributed by atoms with Crippen molar-refractivity contribution in [2.24, 2.45) is 0 Å². The van der Waals surface area contributed by atoms with Crippen LogP contribution in [0.5, 0.6) is 5.75 Å². The molecular formula is C29H25O5P. The van der Waals surface area contributed by atoms with Crippen molar-refractivity contribution in [1.82, 2.24) is 0 Å². The molecule has 0 atom stereocenters. The van der Waals surface area contributed by atoms with Crippen molar-refractivity contribution in [3.8, 4) is 5.75 Å². The normalized spacial score (nSPS) is 11.7. The second-order valence-electron chi connectivity index (χ2n) is 7.66. The lowest BCUT2D eigenvalue weighted by Crippen LogP contribution is -2.14. The summed E-state index contributed by atoms with van der Waals surface area (Å²) < 4.78 is 31.6. The monoisotopic (exact) mass is 484 g/mol. The summed E-state index contributed by atoms with van der Waals surface area (Å²) >= 11 is 0. The van der Waals surface area contributed by atoms with E-state index in [2.05, 4.69) is 0 Å². The van der Waals surface area contributed by atoms with E-state index >= 15 is 0 Å². The first-order valence-electron chi connectivity index (χ1n) is 11.1. The van der Waals surface area contributed by atoms with E-state index in [1.165, 1.54) is 6.08 Å². The zero-order chi connectivity index (χ0) is 24.3. The molecule has 0 radical (unpaired) electrons. The fourth-order valence-corrected chi connectivity index (χ4v) is 4.82. The summed E-state index contributed by atoms with van der Waals surface area (Å²) in [5, 5.41) is -0.181. The Kier molecular flexibility index (Phi) is 8.42. The fourth-order valence-electron chi connectivity index (χ4n) is 3.25. The first-order valence-corrected chi connectivity index (χ1v) is 12.7. The number of hydrogen-bond acceptors (Lipinski definition) is 5. The minimum absolute atomic E-state index is 0.00233. The third-order valence-electron chi connectivity index (χ3n) is 5.05. The molecule has 0 aromatic heterocycles. The van der Waals surface area contributed by atoms with Gasteiger partial charge in [-0.25, -0.2) is 4.79 Å². The van der Waals surface area contributed by atoms with Crippen LogP contribution in [-0.4, -0.2) is 5.97 Å². The maximum atomic E-state index is 14.3. The molecule has 176 valence electrons. The van der Waals surface area contributed by atoms with Gasteiger partial charge in [-0.3, -0.25) is 4.57 Å². The molecule has 0 heterocycles. The Labute approximate surface area is 205 Å². The van der Waals surface area contributed by atoms with Crippen LogP contribution in [0.25, 0.3) is 6.08 Å². The molecule has 4 rings (SSSR count). The quantitative estimate of drug-likeness (QED) is 0.103. The molecule has 0 aliphatic rings. The molecule has 0 amide bonds. The van der Waals surface area contributed by atoms with Crippen molar-refractivity contribution in [2.75, 3.05) is 0 Å². The average molecular weight is 484 g/mol. The lowest BCUT2D eigenvalue weighted by Gasteiger charge is -2.21. The van der Waals surface area contributed by atoms with Gasteiger partial charge >= 0.3 is 13.6 Å². The SMILES string of the molecule is O=C(Oc1ccccc1)/C(=C\c1ccccc1)P(=O)(OCc1ccccc1)OCc1ccccc1. The summed E-state index contributed by atoms with van der Waals surface area (Å²) in [5.41, 5.74) is 2.26. The highest BCUT2D eigenvalue weighted by atomic mass is 31.2. The molecule has 4 aromatic carbocycles. The van der Waals surface area contributed by atoms with Crippen LogP contribution in [0.1, 0.15) is 16.7 Å². The van der Waals surface area contributed by atoms with Crippen molar-refractivity contribution >= 4 is 19.6 Å². The van der Waals surface area contributed by atoms with Gasteiger partial charge in [-0.2, -0.15) is 0 Å². The molecule has 5 nitrogen and oxygen atoms in total. The predicted octanol–water partition coefficient (Wildman–Crippen LogP) is 7.26. The maximum Gasteiger partial charge on any atom is 0.369 e. The zero-order valence-corrected chi connectivity index (χ0v) is 19.9. The molecule has 0 spiro atoms. The minimum Gasteiger partial charge on any atom is -0.423 e. The summed E-state index contributed by atoms with van der Waals surface area (Å²) in [7, 11) is -4.13. The van der Waals surface area contributed by atoms with E-state index in [4.69, 9.17) is 13.8 Å². The third kappa shape index (κ3) is 7.11. The standard InChI is InChI=1S/C29H25O5P/c30-29(34-27-19-11-4-12-20-27)28(21-24-13-5-1-6-14-24)35(31,32-22-25-15-7-2-8-16-25)33-23-26-17-9-3-10-18-26/h1-21H,22-23H2/b28-21+. The van der Waals surface area contributed by atoms with Crippen molar-refractivity contribution in [1.29, 1.82) is 0 Å². The molecule has 0 fully saturated rings. The Morgan fingerprint density at radius 3 is 1.54 bits per heavy atom. The van der Waals surface area contributed by atoms with E-state index in [-0.39, 0.29) is 18.5 Å². The molecule has 0 N–H and O–H groups in total. The smallest absolute Gasteiger partial charge is 0.369 e.